The largest absolute Gasteiger partial charge is 0.416 e. The lowest BCUT2D eigenvalue weighted by atomic mass is 9.87. The maximum Gasteiger partial charge on any atom is 0.416 e. The number of fused-ring (bicyclic) bond motifs is 2. The molecular weight excluding hydrogens is 391 g/mol. The molecule has 156 valence electrons. The average Bonchev–Trinajstić information content (AvgIpc) is 2.87. The highest BCUT2D eigenvalue weighted by Gasteiger charge is 2.32. The summed E-state index contributed by atoms with van der Waals surface area (Å²) in [6.45, 7) is 3.59. The summed E-state index contributed by atoms with van der Waals surface area (Å²) in [5, 5.41) is 0. The van der Waals surface area contributed by atoms with Crippen molar-refractivity contribution >= 4 is 11.8 Å². The lowest BCUT2D eigenvalue weighted by molar-refractivity contribution is -0.137. The Morgan fingerprint density at radius 1 is 0.931 bits per heavy atom. The Morgan fingerprint density at radius 2 is 1.72 bits per heavy atom. The smallest absolute Gasteiger partial charge is 0.303 e. The molecule has 2 heterocycles. The molecule has 0 aliphatic carbocycles. The third kappa shape index (κ3) is 5.18. The van der Waals surface area contributed by atoms with Gasteiger partial charge in [0.15, 0.2) is 0 Å². The van der Waals surface area contributed by atoms with Gasteiger partial charge in [-0.05, 0) is 93.0 Å². The molecule has 1 saturated heterocycles. The number of hydrogen-bond donors (Lipinski definition) is 0. The molecule has 1 fully saturated rings. The zero-order chi connectivity index (χ0) is 20.3. The summed E-state index contributed by atoms with van der Waals surface area (Å²) >= 11 is 1.61. The number of nitrogens with zero attached hydrogens (tertiary/aromatic N) is 1. The van der Waals surface area contributed by atoms with E-state index in [0.29, 0.717) is 6.42 Å². The van der Waals surface area contributed by atoms with Crippen LogP contribution in [0.4, 0.5) is 13.2 Å². The van der Waals surface area contributed by atoms with Crippen molar-refractivity contribution < 1.29 is 13.2 Å². The zero-order valence-corrected chi connectivity index (χ0v) is 17.5. The Balaban J connectivity index is 1.48. The van der Waals surface area contributed by atoms with Gasteiger partial charge in [-0.3, -0.25) is 0 Å². The van der Waals surface area contributed by atoms with E-state index in [9.17, 15) is 13.2 Å². The van der Waals surface area contributed by atoms with Crippen molar-refractivity contribution in [1.82, 2.24) is 4.90 Å². The summed E-state index contributed by atoms with van der Waals surface area (Å²) in [5.41, 5.74) is 1.59. The van der Waals surface area contributed by atoms with Gasteiger partial charge in [-0.25, -0.2) is 0 Å². The molecule has 0 amide bonds. The Labute approximate surface area is 175 Å². The van der Waals surface area contributed by atoms with Gasteiger partial charge in [-0.1, -0.05) is 42.8 Å². The first-order valence-electron chi connectivity index (χ1n) is 10.7. The molecule has 0 spiro atoms. The second-order valence-electron chi connectivity index (χ2n) is 8.26. The molecule has 0 bridgehead atoms. The summed E-state index contributed by atoms with van der Waals surface area (Å²) in [6, 6.07) is 12.6. The number of unbranched alkanes of at least 4 members (excludes halogenated alkanes) is 1. The first kappa shape index (κ1) is 20.8. The van der Waals surface area contributed by atoms with Gasteiger partial charge in [0.25, 0.3) is 0 Å². The Bertz CT molecular complexity index is 827. The van der Waals surface area contributed by atoms with Crippen molar-refractivity contribution in [2.45, 2.75) is 66.8 Å². The summed E-state index contributed by atoms with van der Waals surface area (Å²) in [5.74, 6) is 0.282. The molecule has 29 heavy (non-hydrogen) atoms. The number of hydrogen-bond acceptors (Lipinski definition) is 2. The van der Waals surface area contributed by atoms with Crippen LogP contribution in [0.3, 0.4) is 0 Å². The van der Waals surface area contributed by atoms with Gasteiger partial charge in [-0.15, -0.1) is 0 Å². The van der Waals surface area contributed by atoms with E-state index in [1.807, 2.05) is 6.07 Å². The van der Waals surface area contributed by atoms with Crippen LogP contribution >= 0.6 is 11.8 Å². The van der Waals surface area contributed by atoms with Crippen molar-refractivity contribution in [2.75, 3.05) is 19.6 Å². The van der Waals surface area contributed by atoms with E-state index in [2.05, 4.69) is 23.1 Å². The predicted molar refractivity (Wildman–Crippen MR) is 113 cm³/mol. The Morgan fingerprint density at radius 3 is 2.52 bits per heavy atom. The lowest BCUT2D eigenvalue weighted by Gasteiger charge is -2.26. The van der Waals surface area contributed by atoms with Gasteiger partial charge in [0, 0.05) is 9.79 Å². The van der Waals surface area contributed by atoms with Crippen molar-refractivity contribution in [3.8, 4) is 0 Å². The second kappa shape index (κ2) is 9.13. The molecule has 0 radical (unpaired) electrons. The minimum atomic E-state index is -4.29. The first-order valence-corrected chi connectivity index (χ1v) is 11.5. The second-order valence-corrected chi connectivity index (χ2v) is 9.34. The van der Waals surface area contributed by atoms with Gasteiger partial charge in [0.2, 0.25) is 0 Å². The molecule has 2 aliphatic rings. The van der Waals surface area contributed by atoms with Crippen LogP contribution in [0.5, 0.6) is 0 Å². The van der Waals surface area contributed by atoms with Gasteiger partial charge in [-0.2, -0.15) is 13.2 Å². The Kier molecular flexibility index (Phi) is 6.55. The van der Waals surface area contributed by atoms with Gasteiger partial charge in [0.05, 0.1) is 5.56 Å². The van der Waals surface area contributed by atoms with Crippen molar-refractivity contribution in [1.29, 1.82) is 0 Å². The summed E-state index contributed by atoms with van der Waals surface area (Å²) in [6.07, 6.45) is 3.69. The number of likely N-dealkylation sites (tertiary alicyclic amines) is 1. The summed E-state index contributed by atoms with van der Waals surface area (Å²) in [7, 11) is 0. The number of rotatable bonds is 5. The molecule has 2 aromatic carbocycles. The summed E-state index contributed by atoms with van der Waals surface area (Å²) < 4.78 is 39.7. The maximum absolute atomic E-state index is 13.2. The maximum atomic E-state index is 13.2. The highest BCUT2D eigenvalue weighted by atomic mass is 32.2. The lowest BCUT2D eigenvalue weighted by Crippen LogP contribution is -2.30. The third-order valence-corrected chi connectivity index (χ3v) is 7.37. The molecule has 1 nitrogen and oxygen atoms in total. The van der Waals surface area contributed by atoms with Crippen LogP contribution in [0.1, 0.15) is 61.1 Å². The molecular formula is C24H28F3NS. The molecule has 5 heteroatoms. The van der Waals surface area contributed by atoms with Gasteiger partial charge < -0.3 is 4.90 Å². The fourth-order valence-corrected chi connectivity index (χ4v) is 5.73. The zero-order valence-electron chi connectivity index (χ0n) is 16.7. The molecule has 2 aromatic rings. The van der Waals surface area contributed by atoms with Crippen LogP contribution in [-0.4, -0.2) is 24.5 Å². The quantitative estimate of drug-likeness (QED) is 0.473. The van der Waals surface area contributed by atoms with Crippen LogP contribution in [0.25, 0.3) is 0 Å². The van der Waals surface area contributed by atoms with E-state index >= 15 is 0 Å². The van der Waals surface area contributed by atoms with Crippen LogP contribution in [0.15, 0.2) is 52.3 Å². The molecule has 4 rings (SSSR count). The first-order chi connectivity index (χ1) is 14.0. The normalized spacial score (nSPS) is 20.0. The van der Waals surface area contributed by atoms with Crippen molar-refractivity contribution in [3.63, 3.8) is 0 Å². The minimum Gasteiger partial charge on any atom is -0.303 e. The fourth-order valence-electron chi connectivity index (χ4n) is 4.59. The molecule has 0 aromatic heterocycles. The number of piperidine rings is 1. The van der Waals surface area contributed by atoms with Crippen LogP contribution in [0.2, 0.25) is 0 Å². The fraction of sp³-hybridized carbons (Fsp3) is 0.500. The highest BCUT2D eigenvalue weighted by Crippen LogP contribution is 2.44. The van der Waals surface area contributed by atoms with Crippen molar-refractivity contribution in [3.05, 3.63) is 59.2 Å². The van der Waals surface area contributed by atoms with E-state index in [-0.39, 0.29) is 5.92 Å². The van der Waals surface area contributed by atoms with E-state index < -0.39 is 11.7 Å². The monoisotopic (exact) mass is 419 g/mol. The van der Waals surface area contributed by atoms with E-state index in [1.54, 1.807) is 17.8 Å². The van der Waals surface area contributed by atoms with Crippen LogP contribution in [-0.2, 0) is 12.6 Å². The topological polar surface area (TPSA) is 3.24 Å². The highest BCUT2D eigenvalue weighted by molar-refractivity contribution is 7.99. The molecule has 2 aliphatic heterocycles. The van der Waals surface area contributed by atoms with Crippen LogP contribution in [0, 0.1) is 0 Å². The minimum absolute atomic E-state index is 0.282. The molecule has 0 saturated carbocycles. The Hall–Kier alpha value is -1.46. The van der Waals surface area contributed by atoms with E-state index in [0.717, 1.165) is 29.8 Å². The number of alkyl halides is 3. The molecule has 1 atom stereocenters. The molecule has 0 N–H and O–H groups in total. The van der Waals surface area contributed by atoms with Crippen LogP contribution < -0.4 is 0 Å². The van der Waals surface area contributed by atoms with Gasteiger partial charge in [0.1, 0.15) is 0 Å². The number of halogens is 3. The SMILES string of the molecule is FC(F)(F)c1ccc2c(c1)CC(CCCCN1CCCCC1)c1ccccc1S2. The van der Waals surface area contributed by atoms with E-state index in [4.69, 9.17) is 0 Å². The average molecular weight is 420 g/mol. The predicted octanol–water partition coefficient (Wildman–Crippen LogP) is 7.15. The van der Waals surface area contributed by atoms with E-state index in [1.165, 1.54) is 61.4 Å². The standard InChI is InChI=1S/C24H28F3NS/c25-24(26,27)20-11-12-22-19(17-20)16-18(21-9-2-3-10-23(21)29-22)8-4-7-15-28-13-5-1-6-14-28/h2-3,9-12,17-18H,1,4-8,13-16H2. The van der Waals surface area contributed by atoms with Crippen molar-refractivity contribution in [2.24, 2.45) is 0 Å². The number of benzene rings is 2. The molecule has 1 unspecified atom stereocenters. The summed E-state index contributed by atoms with van der Waals surface area (Å²) in [4.78, 5) is 4.71. The van der Waals surface area contributed by atoms with Gasteiger partial charge >= 0.3 is 6.18 Å². The third-order valence-electron chi connectivity index (χ3n) is 6.16.